The molecule has 0 atom stereocenters. The summed E-state index contributed by atoms with van der Waals surface area (Å²) in [5.41, 5.74) is 2.92. The van der Waals surface area contributed by atoms with Crippen LogP contribution in [0.25, 0.3) is 0 Å². The molecule has 6 nitrogen and oxygen atoms in total. The lowest BCUT2D eigenvalue weighted by Crippen LogP contribution is -2.14. The van der Waals surface area contributed by atoms with Gasteiger partial charge >= 0.3 is 0 Å². The standard InChI is InChI=1S/C20H17ClN4O2/c1-12-16(21)7-4-8-17(12)25-19-11-22-18(10-23-19)20(27)24-15-6-3-5-14(9-15)13(2)26/h3-11H,1-2H3,(H,23,25)(H,24,27). The molecule has 0 bridgehead atoms. The van der Waals surface area contributed by atoms with Gasteiger partial charge in [0.25, 0.3) is 5.91 Å². The monoisotopic (exact) mass is 380 g/mol. The summed E-state index contributed by atoms with van der Waals surface area (Å²) < 4.78 is 0. The molecule has 0 saturated heterocycles. The van der Waals surface area contributed by atoms with Crippen LogP contribution < -0.4 is 10.6 Å². The fraction of sp³-hybridized carbons (Fsp3) is 0.100. The van der Waals surface area contributed by atoms with Crippen molar-refractivity contribution >= 4 is 40.5 Å². The van der Waals surface area contributed by atoms with E-state index >= 15 is 0 Å². The largest absolute Gasteiger partial charge is 0.339 e. The second-order valence-electron chi connectivity index (χ2n) is 5.92. The number of ketones is 1. The molecule has 0 spiro atoms. The first-order valence-corrected chi connectivity index (χ1v) is 8.58. The fourth-order valence-corrected chi connectivity index (χ4v) is 2.58. The van der Waals surface area contributed by atoms with Gasteiger partial charge in [-0.05, 0) is 43.7 Å². The average molecular weight is 381 g/mol. The highest BCUT2D eigenvalue weighted by atomic mass is 35.5. The molecule has 1 aromatic heterocycles. The maximum absolute atomic E-state index is 12.3. The summed E-state index contributed by atoms with van der Waals surface area (Å²) in [6, 6.07) is 12.2. The van der Waals surface area contributed by atoms with Gasteiger partial charge in [-0.15, -0.1) is 0 Å². The Kier molecular flexibility index (Phi) is 5.47. The Labute approximate surface area is 161 Å². The molecule has 7 heteroatoms. The summed E-state index contributed by atoms with van der Waals surface area (Å²) in [7, 11) is 0. The summed E-state index contributed by atoms with van der Waals surface area (Å²) in [6.45, 7) is 3.37. The molecule has 0 aliphatic carbocycles. The number of carbonyl (C=O) groups is 2. The van der Waals surface area contributed by atoms with Gasteiger partial charge in [-0.25, -0.2) is 9.97 Å². The number of halogens is 1. The van der Waals surface area contributed by atoms with Crippen molar-refractivity contribution < 1.29 is 9.59 Å². The molecule has 2 aromatic carbocycles. The van der Waals surface area contributed by atoms with E-state index in [1.165, 1.54) is 19.3 Å². The number of carbonyl (C=O) groups excluding carboxylic acids is 2. The Morgan fingerprint density at radius 3 is 2.52 bits per heavy atom. The van der Waals surface area contributed by atoms with Crippen molar-refractivity contribution in [3.63, 3.8) is 0 Å². The Morgan fingerprint density at radius 2 is 1.81 bits per heavy atom. The van der Waals surface area contributed by atoms with Crippen LogP contribution in [-0.4, -0.2) is 21.7 Å². The van der Waals surface area contributed by atoms with Crippen LogP contribution in [0.5, 0.6) is 0 Å². The van der Waals surface area contributed by atoms with Crippen molar-refractivity contribution in [2.45, 2.75) is 13.8 Å². The molecule has 0 saturated carbocycles. The molecule has 27 heavy (non-hydrogen) atoms. The van der Waals surface area contributed by atoms with Gasteiger partial charge in [-0.1, -0.05) is 29.8 Å². The number of benzene rings is 2. The Hall–Kier alpha value is -3.25. The molecule has 3 aromatic rings. The van der Waals surface area contributed by atoms with Crippen LogP contribution in [-0.2, 0) is 0 Å². The van der Waals surface area contributed by atoms with E-state index in [0.717, 1.165) is 11.3 Å². The van der Waals surface area contributed by atoms with Gasteiger partial charge in [0, 0.05) is 22.0 Å². The van der Waals surface area contributed by atoms with E-state index in [1.54, 1.807) is 24.3 Å². The number of nitrogens with zero attached hydrogens (tertiary/aromatic N) is 2. The van der Waals surface area contributed by atoms with Crippen LogP contribution in [0.2, 0.25) is 5.02 Å². The first-order valence-electron chi connectivity index (χ1n) is 8.20. The highest BCUT2D eigenvalue weighted by molar-refractivity contribution is 6.31. The molecule has 136 valence electrons. The molecule has 2 N–H and O–H groups in total. The lowest BCUT2D eigenvalue weighted by atomic mass is 10.1. The van der Waals surface area contributed by atoms with Gasteiger partial charge < -0.3 is 10.6 Å². The third-order valence-corrected chi connectivity index (χ3v) is 4.35. The third-order valence-electron chi connectivity index (χ3n) is 3.94. The second-order valence-corrected chi connectivity index (χ2v) is 6.32. The fourth-order valence-electron chi connectivity index (χ4n) is 2.40. The van der Waals surface area contributed by atoms with Gasteiger partial charge in [0.1, 0.15) is 11.5 Å². The SMILES string of the molecule is CC(=O)c1cccc(NC(=O)c2cnc(Nc3cccc(Cl)c3C)cn2)c1. The van der Waals surface area contributed by atoms with E-state index in [2.05, 4.69) is 20.6 Å². The van der Waals surface area contributed by atoms with Crippen molar-refractivity contribution in [2.75, 3.05) is 10.6 Å². The number of amides is 1. The predicted molar refractivity (Wildman–Crippen MR) is 106 cm³/mol. The van der Waals surface area contributed by atoms with Crippen molar-refractivity contribution in [2.24, 2.45) is 0 Å². The maximum atomic E-state index is 12.3. The zero-order valence-corrected chi connectivity index (χ0v) is 15.5. The third kappa shape index (κ3) is 4.48. The Morgan fingerprint density at radius 1 is 1.04 bits per heavy atom. The van der Waals surface area contributed by atoms with Gasteiger partial charge in [0.15, 0.2) is 5.78 Å². The predicted octanol–water partition coefficient (Wildman–Crippen LogP) is 4.64. The van der Waals surface area contributed by atoms with Crippen molar-refractivity contribution in [1.29, 1.82) is 0 Å². The van der Waals surface area contributed by atoms with Gasteiger partial charge in [0.05, 0.1) is 12.4 Å². The summed E-state index contributed by atoms with van der Waals surface area (Å²) in [5.74, 6) is 0.0156. The summed E-state index contributed by atoms with van der Waals surface area (Å²) in [6.07, 6.45) is 2.85. The summed E-state index contributed by atoms with van der Waals surface area (Å²) in [5, 5.41) is 6.48. The zero-order chi connectivity index (χ0) is 19.4. The highest BCUT2D eigenvalue weighted by Crippen LogP contribution is 2.25. The molecule has 0 fully saturated rings. The van der Waals surface area contributed by atoms with Gasteiger partial charge in [-0.3, -0.25) is 9.59 Å². The molecule has 0 aliphatic rings. The highest BCUT2D eigenvalue weighted by Gasteiger charge is 2.10. The number of Topliss-reactive ketones (excluding diaryl/α,β-unsaturated/α-hetero) is 1. The quantitative estimate of drug-likeness (QED) is 0.630. The van der Waals surface area contributed by atoms with E-state index in [-0.39, 0.29) is 11.5 Å². The van der Waals surface area contributed by atoms with Crippen LogP contribution >= 0.6 is 11.6 Å². The van der Waals surface area contributed by atoms with E-state index in [0.29, 0.717) is 22.1 Å². The topological polar surface area (TPSA) is 84.0 Å². The number of anilines is 3. The molecule has 1 heterocycles. The molecular weight excluding hydrogens is 364 g/mol. The minimum Gasteiger partial charge on any atom is -0.339 e. The summed E-state index contributed by atoms with van der Waals surface area (Å²) >= 11 is 6.10. The van der Waals surface area contributed by atoms with Crippen molar-refractivity contribution in [3.05, 3.63) is 76.7 Å². The molecule has 0 radical (unpaired) electrons. The van der Waals surface area contributed by atoms with Crippen molar-refractivity contribution in [1.82, 2.24) is 9.97 Å². The Balaban J connectivity index is 1.71. The van der Waals surface area contributed by atoms with Crippen LogP contribution in [0, 0.1) is 6.92 Å². The maximum Gasteiger partial charge on any atom is 0.275 e. The normalized spacial score (nSPS) is 10.3. The molecule has 1 amide bonds. The number of aromatic nitrogens is 2. The molecule has 0 aliphatic heterocycles. The van der Waals surface area contributed by atoms with Crippen LogP contribution in [0.1, 0.15) is 33.3 Å². The van der Waals surface area contributed by atoms with E-state index in [1.807, 2.05) is 25.1 Å². The first-order chi connectivity index (χ1) is 12.9. The van der Waals surface area contributed by atoms with Crippen LogP contribution in [0.4, 0.5) is 17.2 Å². The van der Waals surface area contributed by atoms with E-state index in [4.69, 9.17) is 11.6 Å². The van der Waals surface area contributed by atoms with E-state index < -0.39 is 5.91 Å². The lowest BCUT2D eigenvalue weighted by molar-refractivity contribution is 0.100. The van der Waals surface area contributed by atoms with Crippen molar-refractivity contribution in [3.8, 4) is 0 Å². The minimum atomic E-state index is -0.409. The Bertz CT molecular complexity index is 1000. The zero-order valence-electron chi connectivity index (χ0n) is 14.8. The minimum absolute atomic E-state index is 0.0716. The molecule has 3 rings (SSSR count). The summed E-state index contributed by atoms with van der Waals surface area (Å²) in [4.78, 5) is 32.1. The second kappa shape index (κ2) is 7.97. The number of rotatable bonds is 5. The van der Waals surface area contributed by atoms with Gasteiger partial charge in [-0.2, -0.15) is 0 Å². The number of nitrogens with one attached hydrogen (secondary N) is 2. The molecular formula is C20H17ClN4O2. The lowest BCUT2D eigenvalue weighted by Gasteiger charge is -2.10. The number of hydrogen-bond acceptors (Lipinski definition) is 5. The van der Waals surface area contributed by atoms with Gasteiger partial charge in [0.2, 0.25) is 0 Å². The van der Waals surface area contributed by atoms with E-state index in [9.17, 15) is 9.59 Å². The number of hydrogen-bond donors (Lipinski definition) is 2. The van der Waals surface area contributed by atoms with Crippen LogP contribution in [0.3, 0.4) is 0 Å². The first kappa shape index (κ1) is 18.5. The molecule has 0 unspecified atom stereocenters. The van der Waals surface area contributed by atoms with Crippen LogP contribution in [0.15, 0.2) is 54.9 Å². The smallest absolute Gasteiger partial charge is 0.275 e. The average Bonchev–Trinajstić information content (AvgIpc) is 2.66.